The van der Waals surface area contributed by atoms with Gasteiger partial charge in [0.1, 0.15) is 21.9 Å². The molecule has 0 bridgehead atoms. The summed E-state index contributed by atoms with van der Waals surface area (Å²) in [6.45, 7) is 4.14. The molecule has 0 fully saturated rings. The van der Waals surface area contributed by atoms with Crippen LogP contribution in [0.5, 0.6) is 0 Å². The summed E-state index contributed by atoms with van der Waals surface area (Å²) < 4.78 is 11.6. The Morgan fingerprint density at radius 3 is 2.32 bits per heavy atom. The number of nitrogens with zero attached hydrogens (tertiary/aromatic N) is 1. The topological polar surface area (TPSA) is 125 Å². The van der Waals surface area contributed by atoms with Crippen LogP contribution in [0.4, 0.5) is 11.4 Å². The predicted octanol–water partition coefficient (Wildman–Crippen LogP) is 6.15. The van der Waals surface area contributed by atoms with Crippen LogP contribution in [0, 0.1) is 0 Å². The van der Waals surface area contributed by atoms with Gasteiger partial charge in [-0.25, -0.2) is 14.6 Å². The molecule has 8 heteroatoms. The number of fused-ring (bicyclic) bond motifs is 3. The van der Waals surface area contributed by atoms with E-state index in [9.17, 15) is 9.59 Å². The molecular weight excluding hydrogens is 486 g/mol. The van der Waals surface area contributed by atoms with Gasteiger partial charge in [-0.15, -0.1) is 11.3 Å². The van der Waals surface area contributed by atoms with Crippen molar-refractivity contribution in [1.82, 2.24) is 4.98 Å². The Labute approximate surface area is 216 Å². The van der Waals surface area contributed by atoms with E-state index >= 15 is 0 Å². The van der Waals surface area contributed by atoms with Crippen LogP contribution in [0.15, 0.2) is 85.2 Å². The Morgan fingerprint density at radius 1 is 0.838 bits per heavy atom. The zero-order chi connectivity index (χ0) is 26.1. The second-order valence-corrected chi connectivity index (χ2v) is 9.55. The number of hydrogen-bond acceptors (Lipinski definition) is 8. The van der Waals surface area contributed by atoms with Crippen molar-refractivity contribution in [3.05, 3.63) is 98.7 Å². The lowest BCUT2D eigenvalue weighted by atomic mass is 9.96. The normalized spacial score (nSPS) is 11.1. The van der Waals surface area contributed by atoms with E-state index in [0.29, 0.717) is 27.4 Å². The first-order valence-corrected chi connectivity index (χ1v) is 12.7. The quantitative estimate of drug-likeness (QED) is 0.215. The van der Waals surface area contributed by atoms with Gasteiger partial charge in [0, 0.05) is 22.5 Å². The van der Waals surface area contributed by atoms with Crippen molar-refractivity contribution in [3.63, 3.8) is 0 Å². The van der Waals surface area contributed by atoms with Gasteiger partial charge in [0.15, 0.2) is 0 Å². The van der Waals surface area contributed by atoms with Crippen LogP contribution in [-0.4, -0.2) is 4.98 Å². The Hall–Kier alpha value is -4.43. The van der Waals surface area contributed by atoms with Gasteiger partial charge in [-0.1, -0.05) is 44.2 Å². The van der Waals surface area contributed by atoms with Crippen molar-refractivity contribution in [2.75, 3.05) is 11.5 Å². The number of benzene rings is 3. The fraction of sp³-hybridized carbons (Fsp3) is 0.138. The third-order valence-electron chi connectivity index (χ3n) is 6.13. The molecule has 0 aliphatic heterocycles. The zero-order valence-electron chi connectivity index (χ0n) is 20.4. The maximum absolute atomic E-state index is 12.8. The summed E-state index contributed by atoms with van der Waals surface area (Å²) in [7, 11) is 0. The van der Waals surface area contributed by atoms with Gasteiger partial charge >= 0.3 is 11.3 Å². The lowest BCUT2D eigenvalue weighted by molar-refractivity contribution is 0.561. The van der Waals surface area contributed by atoms with Crippen LogP contribution < -0.4 is 22.7 Å². The van der Waals surface area contributed by atoms with Gasteiger partial charge in [-0.3, -0.25) is 0 Å². The van der Waals surface area contributed by atoms with E-state index < -0.39 is 5.63 Å². The van der Waals surface area contributed by atoms with Crippen LogP contribution >= 0.6 is 11.3 Å². The standard InChI is InChI=1S/C20H18N2O2S.C9H7NO2/c1-3-11-9-12(21)10-15-17(11)13(4-2)18(20(23)24-15)19-22-14-7-5-6-8-16(14)25-19;10-7-5-6-3-1-2-4-8(6)12-9(7)11/h5-10H,3-4,21H2,1-2H3;1-5H,10H2. The minimum atomic E-state index is -0.478. The molecule has 3 aromatic carbocycles. The molecule has 3 aromatic heterocycles. The molecule has 37 heavy (non-hydrogen) atoms. The van der Waals surface area contributed by atoms with Crippen molar-refractivity contribution in [2.45, 2.75) is 26.7 Å². The van der Waals surface area contributed by atoms with E-state index in [4.69, 9.17) is 20.3 Å². The van der Waals surface area contributed by atoms with Crippen LogP contribution in [0.1, 0.15) is 25.0 Å². The van der Waals surface area contributed by atoms with Gasteiger partial charge in [0.25, 0.3) is 0 Å². The third-order valence-corrected chi connectivity index (χ3v) is 7.18. The van der Waals surface area contributed by atoms with Gasteiger partial charge in [0.2, 0.25) is 0 Å². The highest BCUT2D eigenvalue weighted by Gasteiger charge is 2.20. The predicted molar refractivity (Wildman–Crippen MR) is 151 cm³/mol. The van der Waals surface area contributed by atoms with Crippen molar-refractivity contribution in [2.24, 2.45) is 0 Å². The number of rotatable bonds is 3. The third kappa shape index (κ3) is 4.59. The summed E-state index contributed by atoms with van der Waals surface area (Å²) in [4.78, 5) is 28.4. The molecule has 0 aliphatic rings. The highest BCUT2D eigenvalue weighted by atomic mass is 32.1. The summed E-state index contributed by atoms with van der Waals surface area (Å²) in [5, 5.41) is 2.55. The lowest BCUT2D eigenvalue weighted by Crippen LogP contribution is -2.09. The van der Waals surface area contributed by atoms with Crippen molar-refractivity contribution in [3.8, 4) is 10.6 Å². The van der Waals surface area contributed by atoms with Crippen LogP contribution in [0.3, 0.4) is 0 Å². The highest BCUT2D eigenvalue weighted by Crippen LogP contribution is 2.35. The van der Waals surface area contributed by atoms with E-state index in [0.717, 1.165) is 45.0 Å². The number of aryl methyl sites for hydroxylation is 2. The summed E-state index contributed by atoms with van der Waals surface area (Å²) in [5.74, 6) is 0. The van der Waals surface area contributed by atoms with Gasteiger partial charge < -0.3 is 20.3 Å². The number of nitrogens with two attached hydrogens (primary N) is 2. The van der Waals surface area contributed by atoms with Crippen LogP contribution in [0.25, 0.3) is 42.7 Å². The highest BCUT2D eigenvalue weighted by molar-refractivity contribution is 7.21. The summed E-state index contributed by atoms with van der Waals surface area (Å²) in [6, 6.07) is 20.5. The van der Waals surface area contributed by atoms with Gasteiger partial charge in [0.05, 0.1) is 15.8 Å². The maximum atomic E-state index is 12.8. The minimum absolute atomic E-state index is 0.147. The van der Waals surface area contributed by atoms with E-state index in [1.807, 2.05) is 48.5 Å². The molecule has 0 saturated carbocycles. The molecule has 186 valence electrons. The van der Waals surface area contributed by atoms with E-state index in [1.165, 1.54) is 11.3 Å². The lowest BCUT2D eigenvalue weighted by Gasteiger charge is -2.12. The SMILES string of the molecule is CCc1cc(N)cc2oc(=O)c(-c3nc4ccccc4s3)c(CC)c12.Nc1cc2ccccc2oc1=O. The average Bonchev–Trinajstić information content (AvgIpc) is 3.32. The first kappa shape index (κ1) is 24.3. The van der Waals surface area contributed by atoms with E-state index in [2.05, 4.69) is 18.8 Å². The molecule has 4 N–H and O–H groups in total. The van der Waals surface area contributed by atoms with E-state index in [-0.39, 0.29) is 11.3 Å². The molecule has 0 atom stereocenters. The first-order chi connectivity index (χ1) is 17.9. The molecule has 0 spiro atoms. The average molecular weight is 512 g/mol. The second kappa shape index (κ2) is 9.91. The molecule has 6 rings (SSSR count). The molecule has 0 amide bonds. The first-order valence-electron chi connectivity index (χ1n) is 11.9. The Bertz CT molecular complexity index is 1850. The molecule has 7 nitrogen and oxygen atoms in total. The van der Waals surface area contributed by atoms with Crippen LogP contribution in [-0.2, 0) is 12.8 Å². The van der Waals surface area contributed by atoms with Crippen LogP contribution in [0.2, 0.25) is 0 Å². The molecule has 0 unspecified atom stereocenters. The molecule has 0 radical (unpaired) electrons. The monoisotopic (exact) mass is 511 g/mol. The Morgan fingerprint density at radius 2 is 1.57 bits per heavy atom. The summed E-state index contributed by atoms with van der Waals surface area (Å²) in [6.07, 6.45) is 1.55. The number of aromatic nitrogens is 1. The van der Waals surface area contributed by atoms with Crippen molar-refractivity contribution in [1.29, 1.82) is 0 Å². The van der Waals surface area contributed by atoms with E-state index in [1.54, 1.807) is 18.2 Å². The van der Waals surface area contributed by atoms with Crippen molar-refractivity contribution >= 4 is 54.9 Å². The molecule has 0 aliphatic carbocycles. The van der Waals surface area contributed by atoms with Crippen molar-refractivity contribution < 1.29 is 8.83 Å². The molecule has 6 aromatic rings. The maximum Gasteiger partial charge on any atom is 0.359 e. The number of nitrogen functional groups attached to an aromatic ring is 2. The number of para-hydroxylation sites is 2. The fourth-order valence-electron chi connectivity index (χ4n) is 4.42. The largest absolute Gasteiger partial charge is 0.422 e. The zero-order valence-corrected chi connectivity index (χ0v) is 21.2. The smallest absolute Gasteiger partial charge is 0.359 e. The number of thiazole rings is 1. The minimum Gasteiger partial charge on any atom is -0.422 e. The summed E-state index contributed by atoms with van der Waals surface area (Å²) in [5.41, 5.74) is 16.0. The number of anilines is 2. The Balaban J connectivity index is 0.000000195. The summed E-state index contributed by atoms with van der Waals surface area (Å²) >= 11 is 1.52. The van der Waals surface area contributed by atoms with Gasteiger partial charge in [-0.2, -0.15) is 0 Å². The second-order valence-electron chi connectivity index (χ2n) is 8.52. The Kier molecular flexibility index (Phi) is 6.50. The molecular formula is C29H25N3O4S. The van der Waals surface area contributed by atoms with Gasteiger partial charge in [-0.05, 0) is 54.3 Å². The number of hydrogen-bond donors (Lipinski definition) is 2. The fourth-order valence-corrected chi connectivity index (χ4v) is 5.45. The molecule has 0 saturated heterocycles. The molecule has 3 heterocycles.